The van der Waals surface area contributed by atoms with Gasteiger partial charge >= 0.3 is 0 Å². The zero-order valence-electron chi connectivity index (χ0n) is 14.6. The van der Waals surface area contributed by atoms with E-state index in [1.165, 1.54) is 6.20 Å². The highest BCUT2D eigenvalue weighted by atomic mass is 19.3. The number of rotatable bonds is 6. The molecule has 1 saturated heterocycles. The number of hydrogen-bond donors (Lipinski definition) is 2. The number of aliphatic imine (C=N–C) groups is 1. The minimum atomic E-state index is -2.54. The summed E-state index contributed by atoms with van der Waals surface area (Å²) in [5, 5.41) is 12.7. The lowest BCUT2D eigenvalue weighted by Crippen LogP contribution is -2.38. The van der Waals surface area contributed by atoms with Gasteiger partial charge in [-0.15, -0.1) is 0 Å². The van der Waals surface area contributed by atoms with E-state index in [1.807, 2.05) is 0 Å². The van der Waals surface area contributed by atoms with Gasteiger partial charge in [-0.05, 0) is 19.4 Å². The average Bonchev–Trinajstić information content (AvgIpc) is 3.11. The molecule has 8 nitrogen and oxygen atoms in total. The van der Waals surface area contributed by atoms with Gasteiger partial charge in [-0.2, -0.15) is 5.10 Å². The molecule has 4 heterocycles. The Labute approximate surface area is 155 Å². The Bertz CT molecular complexity index is 749. The summed E-state index contributed by atoms with van der Waals surface area (Å²) >= 11 is 0. The smallest absolute Gasteiger partial charge is 0.272 e. The molecule has 1 aromatic rings. The number of nitrogens with zero attached hydrogens (tertiary/aromatic N) is 5. The normalized spacial score (nSPS) is 26.9. The Morgan fingerprint density at radius 3 is 3.07 bits per heavy atom. The van der Waals surface area contributed by atoms with Gasteiger partial charge in [-0.25, -0.2) is 18.8 Å². The maximum absolute atomic E-state index is 12.3. The summed E-state index contributed by atoms with van der Waals surface area (Å²) in [6.07, 6.45) is 8.04. The molecule has 4 rings (SSSR count). The first-order valence-electron chi connectivity index (χ1n) is 8.97. The molecule has 3 aliphatic rings. The third-order valence-corrected chi connectivity index (χ3v) is 4.63. The second-order valence-corrected chi connectivity index (χ2v) is 6.63. The molecule has 0 radical (unpaired) electrons. The molecule has 3 atom stereocenters. The van der Waals surface area contributed by atoms with Crippen LogP contribution in [0.25, 0.3) is 0 Å². The summed E-state index contributed by atoms with van der Waals surface area (Å²) in [6, 6.07) is 0.163. The van der Waals surface area contributed by atoms with Gasteiger partial charge in [0.2, 0.25) is 5.88 Å². The fraction of sp³-hybridized carbons (Fsp3) is 0.529. The van der Waals surface area contributed by atoms with Crippen LogP contribution in [0.1, 0.15) is 24.5 Å². The molecule has 1 aromatic heterocycles. The van der Waals surface area contributed by atoms with Crippen LogP contribution >= 0.6 is 0 Å². The zero-order valence-corrected chi connectivity index (χ0v) is 14.6. The van der Waals surface area contributed by atoms with Crippen LogP contribution in [0.3, 0.4) is 0 Å². The van der Waals surface area contributed by atoms with Gasteiger partial charge in [0.05, 0.1) is 24.0 Å². The third-order valence-electron chi connectivity index (χ3n) is 4.63. The van der Waals surface area contributed by atoms with Crippen molar-refractivity contribution in [1.82, 2.24) is 20.3 Å². The minimum Gasteiger partial charge on any atom is -0.471 e. The molecule has 27 heavy (non-hydrogen) atoms. The second-order valence-electron chi connectivity index (χ2n) is 6.63. The number of piperidine rings is 1. The van der Waals surface area contributed by atoms with Gasteiger partial charge in [0.15, 0.2) is 6.61 Å². The minimum absolute atomic E-state index is 0.121. The van der Waals surface area contributed by atoms with Crippen molar-refractivity contribution in [3.8, 4) is 0 Å². The number of hydrazone groups is 1. The lowest BCUT2D eigenvalue weighted by molar-refractivity contribution is 0.0455. The fourth-order valence-corrected chi connectivity index (χ4v) is 3.32. The van der Waals surface area contributed by atoms with E-state index < -0.39 is 13.0 Å². The van der Waals surface area contributed by atoms with Crippen LogP contribution in [0, 0.1) is 0 Å². The molecule has 0 aliphatic carbocycles. The standard InChI is InChI=1S/C17H21F2N7O/c18-15(19)10-27-17-9-26-14(7-22-17)12(5-23-26)13-6-21-8-16(25-13)24-11-2-1-3-20-4-11/h5-9,11-12,14-15,20H,1-4,10H2,(H,24,25)/t11-,12?,14?/m1/s1. The summed E-state index contributed by atoms with van der Waals surface area (Å²) in [5.41, 5.74) is 0.775. The Hall–Kier alpha value is -2.62. The molecule has 2 unspecified atom stereocenters. The Balaban J connectivity index is 1.42. The first-order valence-corrected chi connectivity index (χ1v) is 8.97. The van der Waals surface area contributed by atoms with Gasteiger partial charge in [0.1, 0.15) is 11.9 Å². The van der Waals surface area contributed by atoms with Gasteiger partial charge in [-0.1, -0.05) is 0 Å². The van der Waals surface area contributed by atoms with Crippen LogP contribution in [0.2, 0.25) is 0 Å². The molecular weight excluding hydrogens is 356 g/mol. The van der Waals surface area contributed by atoms with Gasteiger partial charge in [0.25, 0.3) is 6.43 Å². The number of halogens is 2. The third kappa shape index (κ3) is 4.21. The molecule has 10 heteroatoms. The maximum Gasteiger partial charge on any atom is 0.272 e. The lowest BCUT2D eigenvalue weighted by atomic mass is 9.99. The van der Waals surface area contributed by atoms with Crippen molar-refractivity contribution in [3.63, 3.8) is 0 Å². The van der Waals surface area contributed by atoms with Crippen molar-refractivity contribution in [3.05, 3.63) is 30.2 Å². The van der Waals surface area contributed by atoms with Gasteiger partial charge < -0.3 is 15.4 Å². The van der Waals surface area contributed by atoms with Crippen LogP contribution < -0.4 is 10.6 Å². The molecule has 0 amide bonds. The van der Waals surface area contributed by atoms with Crippen molar-refractivity contribution >= 4 is 18.2 Å². The van der Waals surface area contributed by atoms with Gasteiger partial charge in [0, 0.05) is 31.2 Å². The zero-order chi connectivity index (χ0) is 18.6. The summed E-state index contributed by atoms with van der Waals surface area (Å²) < 4.78 is 29.5. The van der Waals surface area contributed by atoms with Crippen molar-refractivity contribution in [2.24, 2.45) is 10.1 Å². The monoisotopic (exact) mass is 377 g/mol. The largest absolute Gasteiger partial charge is 0.471 e. The van der Waals surface area contributed by atoms with Crippen LogP contribution in [0.5, 0.6) is 0 Å². The fourth-order valence-electron chi connectivity index (χ4n) is 3.32. The molecule has 0 spiro atoms. The quantitative estimate of drug-likeness (QED) is 0.782. The van der Waals surface area contributed by atoms with E-state index in [1.54, 1.807) is 29.8 Å². The molecular formula is C17H21F2N7O. The van der Waals surface area contributed by atoms with Crippen LogP contribution in [-0.2, 0) is 4.74 Å². The molecule has 144 valence electrons. The summed E-state index contributed by atoms with van der Waals surface area (Å²) in [6.45, 7) is 1.27. The number of aromatic nitrogens is 2. The molecule has 3 aliphatic heterocycles. The lowest BCUT2D eigenvalue weighted by Gasteiger charge is -2.26. The number of ether oxygens (including phenoxy) is 1. The summed E-state index contributed by atoms with van der Waals surface area (Å²) in [5.74, 6) is 0.730. The topological polar surface area (TPSA) is 87.0 Å². The van der Waals surface area contributed by atoms with Crippen molar-refractivity contribution in [1.29, 1.82) is 0 Å². The van der Waals surface area contributed by atoms with Crippen molar-refractivity contribution in [2.45, 2.75) is 37.3 Å². The Kier molecular flexibility index (Phi) is 5.23. The van der Waals surface area contributed by atoms with E-state index in [2.05, 4.69) is 30.7 Å². The first kappa shape index (κ1) is 17.8. The number of alkyl halides is 2. The van der Waals surface area contributed by atoms with E-state index in [0.717, 1.165) is 37.4 Å². The van der Waals surface area contributed by atoms with Crippen molar-refractivity contribution in [2.75, 3.05) is 25.0 Å². The van der Waals surface area contributed by atoms with E-state index >= 15 is 0 Å². The number of hydrogen-bond acceptors (Lipinski definition) is 8. The number of fused-ring (bicyclic) bond motifs is 1. The van der Waals surface area contributed by atoms with E-state index in [0.29, 0.717) is 6.04 Å². The Morgan fingerprint density at radius 1 is 1.33 bits per heavy atom. The van der Waals surface area contributed by atoms with E-state index in [4.69, 9.17) is 4.74 Å². The van der Waals surface area contributed by atoms with Crippen LogP contribution in [-0.4, -0.2) is 65.6 Å². The summed E-state index contributed by atoms with van der Waals surface area (Å²) in [7, 11) is 0. The SMILES string of the molecule is FC(F)COC1=CN2N=CC(c3cncc(N[C@@H]4CCCNC4)n3)C2C=N1. The van der Waals surface area contributed by atoms with E-state index in [-0.39, 0.29) is 17.8 Å². The highest BCUT2D eigenvalue weighted by Gasteiger charge is 2.34. The van der Waals surface area contributed by atoms with Crippen LogP contribution in [0.15, 0.2) is 34.6 Å². The number of anilines is 1. The summed E-state index contributed by atoms with van der Waals surface area (Å²) in [4.78, 5) is 13.1. The predicted octanol–water partition coefficient (Wildman–Crippen LogP) is 1.56. The van der Waals surface area contributed by atoms with Gasteiger partial charge in [-0.3, -0.25) is 9.99 Å². The molecule has 2 N–H and O–H groups in total. The van der Waals surface area contributed by atoms with E-state index in [9.17, 15) is 8.78 Å². The molecule has 0 saturated carbocycles. The molecule has 0 aromatic carbocycles. The predicted molar refractivity (Wildman–Crippen MR) is 96.9 cm³/mol. The highest BCUT2D eigenvalue weighted by molar-refractivity contribution is 5.82. The number of nitrogens with one attached hydrogen (secondary N) is 2. The molecule has 1 fully saturated rings. The maximum atomic E-state index is 12.3. The highest BCUT2D eigenvalue weighted by Crippen LogP contribution is 2.29. The second kappa shape index (κ2) is 7.95. The van der Waals surface area contributed by atoms with Crippen molar-refractivity contribution < 1.29 is 13.5 Å². The Morgan fingerprint density at radius 2 is 2.26 bits per heavy atom. The average molecular weight is 377 g/mol. The van der Waals surface area contributed by atoms with Crippen LogP contribution in [0.4, 0.5) is 14.6 Å². The first-order chi connectivity index (χ1) is 13.2. The molecule has 0 bridgehead atoms.